The first-order valence-electron chi connectivity index (χ1n) is 8.09. The highest BCUT2D eigenvalue weighted by atomic mass is 79.9. The van der Waals surface area contributed by atoms with Crippen LogP contribution in [0, 0.1) is 5.92 Å². The summed E-state index contributed by atoms with van der Waals surface area (Å²) in [6, 6.07) is 4.00. The Hall–Kier alpha value is -1.30. The Labute approximate surface area is 146 Å². The minimum Gasteiger partial charge on any atom is -0.444 e. The van der Waals surface area contributed by atoms with Gasteiger partial charge in [0.15, 0.2) is 0 Å². The van der Waals surface area contributed by atoms with Crippen LogP contribution >= 0.6 is 15.9 Å². The summed E-state index contributed by atoms with van der Waals surface area (Å²) in [5.74, 6) is 1.32. The first kappa shape index (κ1) is 18.0. The third-order valence-electron chi connectivity index (χ3n) is 3.82. The van der Waals surface area contributed by atoms with E-state index in [0.717, 1.165) is 29.7 Å². The van der Waals surface area contributed by atoms with E-state index in [4.69, 9.17) is 4.74 Å². The summed E-state index contributed by atoms with van der Waals surface area (Å²) in [6.45, 7) is 9.30. The van der Waals surface area contributed by atoms with Crippen molar-refractivity contribution in [3.05, 3.63) is 22.8 Å². The number of likely N-dealkylation sites (tertiary alicyclic amines) is 1. The molecule has 2 heterocycles. The first-order valence-corrected chi connectivity index (χ1v) is 8.89. The van der Waals surface area contributed by atoms with E-state index >= 15 is 0 Å². The molecule has 0 aromatic carbocycles. The summed E-state index contributed by atoms with van der Waals surface area (Å²) in [7, 11) is 0. The molecular formula is C17H26BrN3O2. The Morgan fingerprint density at radius 3 is 2.78 bits per heavy atom. The molecule has 0 radical (unpaired) electrons. The molecule has 1 aromatic heterocycles. The van der Waals surface area contributed by atoms with E-state index < -0.39 is 5.60 Å². The van der Waals surface area contributed by atoms with Gasteiger partial charge >= 0.3 is 6.09 Å². The molecule has 0 aliphatic carbocycles. The second kappa shape index (κ2) is 7.51. The van der Waals surface area contributed by atoms with Crippen molar-refractivity contribution < 1.29 is 9.53 Å². The van der Waals surface area contributed by atoms with Gasteiger partial charge in [0.1, 0.15) is 11.4 Å². The summed E-state index contributed by atoms with van der Waals surface area (Å²) < 4.78 is 6.51. The molecule has 0 bridgehead atoms. The fraction of sp³-hybridized carbons (Fsp3) is 0.647. The van der Waals surface area contributed by atoms with Crippen LogP contribution in [-0.2, 0) is 4.74 Å². The predicted molar refractivity (Wildman–Crippen MR) is 95.6 cm³/mol. The standard InChI is InChI=1S/C17H26BrN3O2/c1-12-5-7-14(10-20-15-8-6-13(18)9-19-15)21(11-12)16(22)23-17(2,3)4/h6,8-9,12,14H,5,7,10-11H2,1-4H3,(H,19,20)/t12-,14-/m0/s1. The Morgan fingerprint density at radius 1 is 1.43 bits per heavy atom. The van der Waals surface area contributed by atoms with Gasteiger partial charge in [0.2, 0.25) is 0 Å². The maximum Gasteiger partial charge on any atom is 0.410 e. The molecule has 1 amide bonds. The molecule has 2 rings (SSSR count). The van der Waals surface area contributed by atoms with Crippen LogP contribution in [0.3, 0.4) is 0 Å². The second-order valence-electron chi connectivity index (χ2n) is 7.21. The number of hydrogen-bond donors (Lipinski definition) is 1. The average molecular weight is 384 g/mol. The molecule has 0 saturated carbocycles. The summed E-state index contributed by atoms with van der Waals surface area (Å²) in [5, 5.41) is 3.32. The van der Waals surface area contributed by atoms with Gasteiger partial charge < -0.3 is 15.0 Å². The Morgan fingerprint density at radius 2 is 2.17 bits per heavy atom. The quantitative estimate of drug-likeness (QED) is 0.845. The highest BCUT2D eigenvalue weighted by Gasteiger charge is 2.32. The largest absolute Gasteiger partial charge is 0.444 e. The molecule has 6 heteroatoms. The van der Waals surface area contributed by atoms with Crippen LogP contribution in [0.5, 0.6) is 0 Å². The van der Waals surface area contributed by atoms with E-state index in [-0.39, 0.29) is 12.1 Å². The van der Waals surface area contributed by atoms with Crippen molar-refractivity contribution in [1.29, 1.82) is 0 Å². The predicted octanol–water partition coefficient (Wildman–Crippen LogP) is 4.29. The number of amides is 1. The Balaban J connectivity index is 1.99. The van der Waals surface area contributed by atoms with Crippen molar-refractivity contribution in [2.45, 2.75) is 52.2 Å². The number of halogens is 1. The number of pyridine rings is 1. The lowest BCUT2D eigenvalue weighted by molar-refractivity contribution is 0.00577. The fourth-order valence-corrected chi connectivity index (χ4v) is 2.90. The van der Waals surface area contributed by atoms with Crippen molar-refractivity contribution in [3.8, 4) is 0 Å². The molecule has 1 N–H and O–H groups in total. The van der Waals surface area contributed by atoms with Crippen LogP contribution in [0.2, 0.25) is 0 Å². The highest BCUT2D eigenvalue weighted by molar-refractivity contribution is 9.10. The van der Waals surface area contributed by atoms with E-state index in [1.165, 1.54) is 0 Å². The van der Waals surface area contributed by atoms with Gasteiger partial charge in [-0.1, -0.05) is 6.92 Å². The molecule has 0 spiro atoms. The number of nitrogens with one attached hydrogen (secondary N) is 1. The number of hydrogen-bond acceptors (Lipinski definition) is 4. The summed E-state index contributed by atoms with van der Waals surface area (Å²) in [6.07, 6.45) is 3.64. The van der Waals surface area contributed by atoms with Gasteiger partial charge in [0, 0.05) is 23.8 Å². The summed E-state index contributed by atoms with van der Waals surface area (Å²) in [5.41, 5.74) is -0.469. The first-order chi connectivity index (χ1) is 10.7. The molecule has 1 fully saturated rings. The number of carbonyl (C=O) groups excluding carboxylic acids is 1. The lowest BCUT2D eigenvalue weighted by Gasteiger charge is -2.39. The van der Waals surface area contributed by atoms with Crippen molar-refractivity contribution in [1.82, 2.24) is 9.88 Å². The van der Waals surface area contributed by atoms with E-state index in [1.54, 1.807) is 6.20 Å². The zero-order valence-electron chi connectivity index (χ0n) is 14.3. The maximum absolute atomic E-state index is 12.5. The van der Waals surface area contributed by atoms with Crippen LogP contribution in [-0.4, -0.2) is 40.7 Å². The van der Waals surface area contributed by atoms with Gasteiger partial charge in [-0.3, -0.25) is 0 Å². The topological polar surface area (TPSA) is 54.5 Å². The van der Waals surface area contributed by atoms with Gasteiger partial charge in [0.25, 0.3) is 0 Å². The number of aromatic nitrogens is 1. The molecular weight excluding hydrogens is 358 g/mol. The van der Waals surface area contributed by atoms with Crippen LogP contribution in [0.25, 0.3) is 0 Å². The van der Waals surface area contributed by atoms with Gasteiger partial charge in [-0.05, 0) is 67.6 Å². The van der Waals surface area contributed by atoms with Gasteiger partial charge in [-0.2, -0.15) is 0 Å². The number of carbonyl (C=O) groups is 1. The molecule has 5 nitrogen and oxygen atoms in total. The van der Waals surface area contributed by atoms with Crippen molar-refractivity contribution in [3.63, 3.8) is 0 Å². The molecule has 128 valence electrons. The lowest BCUT2D eigenvalue weighted by Crippen LogP contribution is -2.51. The van der Waals surface area contributed by atoms with Crippen molar-refractivity contribution in [2.75, 3.05) is 18.4 Å². The van der Waals surface area contributed by atoms with Crippen LogP contribution in [0.1, 0.15) is 40.5 Å². The number of anilines is 1. The van der Waals surface area contributed by atoms with Crippen LogP contribution < -0.4 is 5.32 Å². The second-order valence-corrected chi connectivity index (χ2v) is 8.13. The van der Waals surface area contributed by atoms with E-state index in [1.807, 2.05) is 37.8 Å². The number of rotatable bonds is 3. The van der Waals surface area contributed by atoms with Crippen molar-refractivity contribution in [2.24, 2.45) is 5.92 Å². The molecule has 1 aromatic rings. The third kappa shape index (κ3) is 5.68. The molecule has 1 aliphatic heterocycles. The molecule has 23 heavy (non-hydrogen) atoms. The SMILES string of the molecule is C[C@H]1CC[C@@H](CNc2ccc(Br)cn2)N(C(=O)OC(C)(C)C)C1. The zero-order valence-corrected chi connectivity index (χ0v) is 15.9. The highest BCUT2D eigenvalue weighted by Crippen LogP contribution is 2.24. The smallest absolute Gasteiger partial charge is 0.410 e. The van der Waals surface area contributed by atoms with Gasteiger partial charge in [-0.25, -0.2) is 9.78 Å². The van der Waals surface area contributed by atoms with Crippen LogP contribution in [0.15, 0.2) is 22.8 Å². The van der Waals surface area contributed by atoms with E-state index in [2.05, 4.69) is 33.2 Å². The number of nitrogens with zero attached hydrogens (tertiary/aromatic N) is 2. The maximum atomic E-state index is 12.5. The van der Waals surface area contributed by atoms with Gasteiger partial charge in [-0.15, -0.1) is 0 Å². The van der Waals surface area contributed by atoms with Crippen molar-refractivity contribution >= 4 is 27.8 Å². The Bertz CT molecular complexity index is 528. The minimum atomic E-state index is -0.469. The number of ether oxygens (including phenoxy) is 1. The average Bonchev–Trinajstić information content (AvgIpc) is 2.46. The molecule has 1 saturated heterocycles. The lowest BCUT2D eigenvalue weighted by atomic mass is 9.94. The van der Waals surface area contributed by atoms with E-state index in [9.17, 15) is 4.79 Å². The molecule has 2 atom stereocenters. The van der Waals surface area contributed by atoms with E-state index in [0.29, 0.717) is 12.5 Å². The fourth-order valence-electron chi connectivity index (χ4n) is 2.67. The van der Waals surface area contributed by atoms with Crippen LogP contribution in [0.4, 0.5) is 10.6 Å². The molecule has 0 unspecified atom stereocenters. The summed E-state index contributed by atoms with van der Waals surface area (Å²) >= 11 is 3.38. The monoisotopic (exact) mass is 383 g/mol. The number of piperidine rings is 1. The summed E-state index contributed by atoms with van der Waals surface area (Å²) in [4.78, 5) is 18.7. The third-order valence-corrected chi connectivity index (χ3v) is 4.29. The Kier molecular flexibility index (Phi) is 5.89. The minimum absolute atomic E-state index is 0.131. The molecule has 1 aliphatic rings. The normalized spacial score (nSPS) is 21.9. The zero-order chi connectivity index (χ0) is 17.0. The van der Waals surface area contributed by atoms with Gasteiger partial charge in [0.05, 0.1) is 6.04 Å².